The van der Waals surface area contributed by atoms with Gasteiger partial charge < -0.3 is 14.6 Å². The van der Waals surface area contributed by atoms with E-state index < -0.39 is 25.0 Å². The summed E-state index contributed by atoms with van der Waals surface area (Å²) >= 11 is 0. The zero-order chi connectivity index (χ0) is 13.2. The molecule has 1 aromatic rings. The molecule has 2 heterocycles. The molecule has 1 atom stereocenters. The number of aromatic nitrogens is 2. The summed E-state index contributed by atoms with van der Waals surface area (Å²) < 4.78 is 56.7. The molecule has 0 spiro atoms. The average molecular weight is 267 g/mol. The van der Waals surface area contributed by atoms with Crippen LogP contribution in [0.3, 0.4) is 0 Å². The second-order valence-electron chi connectivity index (χ2n) is 4.07. The van der Waals surface area contributed by atoms with E-state index >= 15 is 0 Å². The van der Waals surface area contributed by atoms with Crippen LogP contribution in [0.4, 0.5) is 17.6 Å². The fourth-order valence-electron chi connectivity index (χ4n) is 1.78. The predicted octanol–water partition coefficient (Wildman–Crippen LogP) is 1.44. The van der Waals surface area contributed by atoms with Gasteiger partial charge in [0.25, 0.3) is 0 Å². The van der Waals surface area contributed by atoms with Gasteiger partial charge in [0, 0.05) is 13.1 Å². The Hall–Kier alpha value is -1.15. The van der Waals surface area contributed by atoms with Crippen LogP contribution in [0.15, 0.2) is 12.5 Å². The number of ether oxygens (including phenoxy) is 1. The van der Waals surface area contributed by atoms with Crippen molar-refractivity contribution in [3.63, 3.8) is 0 Å². The fraction of sp³-hybridized carbons (Fsp3) is 0.700. The molecule has 0 saturated carbocycles. The molecule has 1 aliphatic rings. The highest BCUT2D eigenvalue weighted by Crippen LogP contribution is 2.27. The van der Waals surface area contributed by atoms with Crippen LogP contribution in [-0.4, -0.2) is 41.6 Å². The van der Waals surface area contributed by atoms with Crippen molar-refractivity contribution in [1.29, 1.82) is 0 Å². The summed E-state index contributed by atoms with van der Waals surface area (Å²) in [6.45, 7) is 0.477. The number of nitrogens with zero attached hydrogens (tertiary/aromatic N) is 2. The summed E-state index contributed by atoms with van der Waals surface area (Å²) in [7, 11) is 0. The highest BCUT2D eigenvalue weighted by atomic mass is 19.3. The highest BCUT2D eigenvalue weighted by Gasteiger charge is 2.41. The van der Waals surface area contributed by atoms with Gasteiger partial charge in [0.15, 0.2) is 0 Å². The molecular weight excluding hydrogens is 254 g/mol. The Kier molecular flexibility index (Phi) is 3.86. The number of imidazole rings is 1. The molecule has 0 amide bonds. The second-order valence-corrected chi connectivity index (χ2v) is 4.07. The van der Waals surface area contributed by atoms with Crippen molar-refractivity contribution < 1.29 is 22.3 Å². The van der Waals surface area contributed by atoms with Crippen molar-refractivity contribution in [1.82, 2.24) is 14.9 Å². The predicted molar refractivity (Wildman–Crippen MR) is 54.7 cm³/mol. The third-order valence-electron chi connectivity index (χ3n) is 2.70. The number of rotatable bonds is 4. The number of alkyl halides is 4. The molecule has 1 saturated heterocycles. The van der Waals surface area contributed by atoms with Crippen molar-refractivity contribution in [3.8, 4) is 0 Å². The van der Waals surface area contributed by atoms with Crippen LogP contribution in [0, 0.1) is 0 Å². The Morgan fingerprint density at radius 1 is 1.56 bits per heavy atom. The van der Waals surface area contributed by atoms with Gasteiger partial charge in [0.1, 0.15) is 6.10 Å². The smallest absolute Gasteiger partial charge is 0.324 e. The minimum Gasteiger partial charge on any atom is -0.369 e. The number of morpholine rings is 1. The molecular formula is C10H13F4N3O. The van der Waals surface area contributed by atoms with E-state index in [2.05, 4.69) is 10.3 Å². The van der Waals surface area contributed by atoms with Crippen molar-refractivity contribution in [3.05, 3.63) is 18.2 Å². The van der Waals surface area contributed by atoms with E-state index in [9.17, 15) is 17.6 Å². The van der Waals surface area contributed by atoms with Crippen LogP contribution >= 0.6 is 0 Å². The third-order valence-corrected chi connectivity index (χ3v) is 2.70. The normalized spacial score (nSPS) is 21.5. The minimum absolute atomic E-state index is 0.377. The van der Waals surface area contributed by atoms with E-state index in [4.69, 9.17) is 4.74 Å². The molecule has 0 bridgehead atoms. The molecule has 1 unspecified atom stereocenters. The molecule has 0 aliphatic carbocycles. The summed E-state index contributed by atoms with van der Waals surface area (Å²) in [5.41, 5.74) is 0.377. The van der Waals surface area contributed by atoms with Crippen molar-refractivity contribution in [2.24, 2.45) is 0 Å². The first-order valence-corrected chi connectivity index (χ1v) is 5.49. The minimum atomic E-state index is -4.07. The largest absolute Gasteiger partial charge is 0.369 e. The van der Waals surface area contributed by atoms with Crippen molar-refractivity contribution in [2.45, 2.75) is 25.0 Å². The highest BCUT2D eigenvalue weighted by molar-refractivity contribution is 5.05. The Balaban J connectivity index is 2.12. The molecule has 0 aromatic carbocycles. The van der Waals surface area contributed by atoms with Gasteiger partial charge in [-0.25, -0.2) is 13.8 Å². The van der Waals surface area contributed by atoms with Gasteiger partial charge in [-0.3, -0.25) is 0 Å². The zero-order valence-corrected chi connectivity index (χ0v) is 9.45. The molecule has 1 aromatic heterocycles. The van der Waals surface area contributed by atoms with Gasteiger partial charge in [0.2, 0.25) is 0 Å². The van der Waals surface area contributed by atoms with Crippen LogP contribution in [0.5, 0.6) is 0 Å². The third kappa shape index (κ3) is 2.81. The van der Waals surface area contributed by atoms with Gasteiger partial charge in [-0.2, -0.15) is 8.78 Å². The van der Waals surface area contributed by atoms with Gasteiger partial charge in [0.05, 0.1) is 31.4 Å². The SMILES string of the molecule is FC(F)C(F)(F)Cn1cncc1C1CNCCO1. The van der Waals surface area contributed by atoms with E-state index in [1.165, 1.54) is 6.20 Å². The lowest BCUT2D eigenvalue weighted by atomic mass is 10.2. The summed E-state index contributed by atoms with van der Waals surface area (Å²) in [6.07, 6.45) is -1.66. The van der Waals surface area contributed by atoms with Gasteiger partial charge in [-0.1, -0.05) is 0 Å². The maximum atomic E-state index is 13.0. The lowest BCUT2D eigenvalue weighted by Gasteiger charge is -2.25. The summed E-state index contributed by atoms with van der Waals surface area (Å²) in [6, 6.07) is 0. The number of hydrogen-bond acceptors (Lipinski definition) is 3. The summed E-state index contributed by atoms with van der Waals surface area (Å²) in [4.78, 5) is 3.72. The van der Waals surface area contributed by atoms with Crippen LogP contribution in [0.2, 0.25) is 0 Å². The van der Waals surface area contributed by atoms with E-state index in [1.807, 2.05) is 0 Å². The van der Waals surface area contributed by atoms with Gasteiger partial charge in [-0.05, 0) is 0 Å². The van der Waals surface area contributed by atoms with Crippen LogP contribution in [0.1, 0.15) is 11.8 Å². The fourth-order valence-corrected chi connectivity index (χ4v) is 1.78. The second kappa shape index (κ2) is 5.23. The lowest BCUT2D eigenvalue weighted by Crippen LogP contribution is -2.36. The molecule has 4 nitrogen and oxygen atoms in total. The number of halogens is 4. The van der Waals surface area contributed by atoms with Crippen molar-refractivity contribution >= 4 is 0 Å². The average Bonchev–Trinajstić information content (AvgIpc) is 2.77. The summed E-state index contributed by atoms with van der Waals surface area (Å²) in [5, 5.41) is 3.03. The quantitative estimate of drug-likeness (QED) is 0.839. The Morgan fingerprint density at radius 2 is 2.33 bits per heavy atom. The first kappa shape index (κ1) is 13.3. The Bertz CT molecular complexity index is 390. The summed E-state index contributed by atoms with van der Waals surface area (Å²) in [5.74, 6) is -4.07. The molecule has 0 radical (unpaired) electrons. The lowest BCUT2D eigenvalue weighted by molar-refractivity contribution is -0.138. The van der Waals surface area contributed by atoms with Crippen LogP contribution < -0.4 is 5.32 Å². The number of hydrogen-bond donors (Lipinski definition) is 1. The monoisotopic (exact) mass is 267 g/mol. The Labute approximate surface area is 101 Å². The maximum absolute atomic E-state index is 13.0. The van der Waals surface area contributed by atoms with Gasteiger partial charge in [-0.15, -0.1) is 0 Å². The topological polar surface area (TPSA) is 39.1 Å². The standard InChI is InChI=1S/C10H13F4N3O/c11-9(12)10(13,14)5-17-6-16-3-7(17)8-4-15-1-2-18-8/h3,6,8-9,15H,1-2,4-5H2. The molecule has 1 N–H and O–H groups in total. The van der Waals surface area contributed by atoms with Crippen LogP contribution in [-0.2, 0) is 11.3 Å². The molecule has 102 valence electrons. The zero-order valence-electron chi connectivity index (χ0n) is 9.45. The van der Waals surface area contributed by atoms with E-state index in [1.54, 1.807) is 0 Å². The Morgan fingerprint density at radius 3 is 2.94 bits per heavy atom. The van der Waals surface area contributed by atoms with Crippen molar-refractivity contribution in [2.75, 3.05) is 19.7 Å². The first-order chi connectivity index (χ1) is 8.50. The molecule has 8 heteroatoms. The number of nitrogens with one attached hydrogen (secondary N) is 1. The van der Waals surface area contributed by atoms with Gasteiger partial charge >= 0.3 is 12.3 Å². The van der Waals surface area contributed by atoms with E-state index in [0.29, 0.717) is 25.4 Å². The molecule has 2 rings (SSSR count). The van der Waals surface area contributed by atoms with Crippen LogP contribution in [0.25, 0.3) is 0 Å². The molecule has 18 heavy (non-hydrogen) atoms. The maximum Gasteiger partial charge on any atom is 0.324 e. The molecule has 1 aliphatic heterocycles. The first-order valence-electron chi connectivity index (χ1n) is 5.49. The van der Waals surface area contributed by atoms with E-state index in [0.717, 1.165) is 10.9 Å². The van der Waals surface area contributed by atoms with E-state index in [-0.39, 0.29) is 0 Å². The molecule has 1 fully saturated rings.